The number of rotatable bonds is 1. The Hall–Kier alpha value is -6.67. The van der Waals surface area contributed by atoms with E-state index in [4.69, 9.17) is 34.6 Å². The molecule has 8 bridgehead atoms. The second-order valence-electron chi connectivity index (χ2n) is 20.6. The van der Waals surface area contributed by atoms with E-state index >= 15 is 0 Å². The lowest BCUT2D eigenvalue weighted by atomic mass is 9.42. The number of aromatic nitrogens is 8. The monoisotopic (exact) mass is 904 g/mol. The van der Waals surface area contributed by atoms with Crippen LogP contribution in [0.1, 0.15) is 65.2 Å². The molecular weight excluding hydrogens is 853 g/mol. The Kier molecular flexibility index (Phi) is 9.26. The van der Waals surface area contributed by atoms with Crippen LogP contribution in [0.3, 0.4) is 0 Å². The van der Waals surface area contributed by atoms with Gasteiger partial charge in [-0.2, -0.15) is 0 Å². The van der Waals surface area contributed by atoms with E-state index in [9.17, 15) is 20.1 Å². The Morgan fingerprint density at radius 1 is 0.574 bits per heavy atom. The Labute approximate surface area is 391 Å². The van der Waals surface area contributed by atoms with Gasteiger partial charge < -0.3 is 30.0 Å². The van der Waals surface area contributed by atoms with E-state index in [2.05, 4.69) is 16.9 Å². The number of cyclic esters (lactones) is 1. The first-order valence-electron chi connectivity index (χ1n) is 24.1. The maximum absolute atomic E-state index is 12.1. The minimum absolute atomic E-state index is 0.00129. The number of aliphatic hydroxyl groups is 3. The molecule has 5 N–H and O–H groups in total. The van der Waals surface area contributed by atoms with Crippen LogP contribution in [0.25, 0.3) is 89.7 Å². The summed E-state index contributed by atoms with van der Waals surface area (Å²) in [6.45, 7) is 4.69. The largest absolute Gasteiger partial charge is 0.458 e. The molecule has 13 nitrogen and oxygen atoms in total. The fraction of sp³-hybridized carbons (Fsp3) is 0.364. The highest BCUT2D eigenvalue weighted by molar-refractivity contribution is 6.06. The van der Waals surface area contributed by atoms with Crippen LogP contribution >= 0.6 is 0 Å². The number of fused-ring (bicyclic) bond motifs is 25. The highest BCUT2D eigenvalue weighted by Crippen LogP contribution is 2.70. The molecule has 9 atom stereocenters. The van der Waals surface area contributed by atoms with Crippen LogP contribution in [0.2, 0.25) is 0 Å². The Morgan fingerprint density at radius 2 is 1.04 bits per heavy atom. The normalized spacial score (nSPS) is 30.0. The van der Waals surface area contributed by atoms with Crippen LogP contribution in [0.15, 0.2) is 109 Å². The number of esters is 1. The third kappa shape index (κ3) is 6.07. The van der Waals surface area contributed by atoms with Crippen LogP contribution in [0.4, 0.5) is 0 Å². The molecule has 7 aliphatic rings. The molecule has 0 unspecified atom stereocenters. The lowest BCUT2D eigenvalue weighted by molar-refractivity contribution is -0.244. The average molecular weight is 905 g/mol. The van der Waals surface area contributed by atoms with E-state index < -0.39 is 17.1 Å². The number of nitrogens with one attached hydrogen (secondary N) is 2. The van der Waals surface area contributed by atoms with Crippen molar-refractivity contribution in [2.75, 3.05) is 6.61 Å². The molecule has 0 amide bonds. The fourth-order valence-corrected chi connectivity index (χ4v) is 14.0. The van der Waals surface area contributed by atoms with E-state index in [-0.39, 0.29) is 29.3 Å². The minimum atomic E-state index is -0.906. The van der Waals surface area contributed by atoms with Crippen molar-refractivity contribution in [2.45, 2.75) is 83.0 Å². The van der Waals surface area contributed by atoms with Crippen LogP contribution < -0.4 is 0 Å². The van der Waals surface area contributed by atoms with Crippen LogP contribution in [-0.2, 0) is 9.53 Å². The predicted molar refractivity (Wildman–Crippen MR) is 259 cm³/mol. The van der Waals surface area contributed by atoms with Gasteiger partial charge in [0.05, 0.1) is 17.8 Å². The summed E-state index contributed by atoms with van der Waals surface area (Å²) in [7, 11) is 0. The van der Waals surface area contributed by atoms with Gasteiger partial charge in [-0.15, -0.1) is 0 Å². The zero-order valence-corrected chi connectivity index (χ0v) is 38.0. The smallest absolute Gasteiger partial charge is 0.331 e. The van der Waals surface area contributed by atoms with Gasteiger partial charge in [-0.05, 0) is 86.0 Å². The summed E-state index contributed by atoms with van der Waals surface area (Å²) in [5.74, 6) is 3.05. The molecule has 7 aromatic rings. The zero-order valence-electron chi connectivity index (χ0n) is 38.0. The summed E-state index contributed by atoms with van der Waals surface area (Å²) < 4.78 is 5.16. The number of hydrogen-bond acceptors (Lipinski definition) is 11. The molecule has 4 aliphatic carbocycles. The van der Waals surface area contributed by atoms with Gasteiger partial charge in [-0.1, -0.05) is 111 Å². The van der Waals surface area contributed by atoms with E-state index in [1.165, 1.54) is 0 Å². The zero-order chi connectivity index (χ0) is 46.1. The number of carbonyl (C=O) groups excluding carboxylic acids is 1. The standard InChI is InChI=1S/C32H18N8.C23H34O5/c1-2-10-18-17(9-1)25-33-26(18)38-28-21-13-5-6-14-22(21)30(35-28)40-32-24-16-8-7-15-23(24)31(36-32)39-29-20-12-4-3-11-19(20)27(34-29)37-25;1-21-7-5-15(24)10-14(21)3-4-17-18(21)11-19(25)22(2)16(6-8-23(17,22)27)13-9-20(26)28-12-13/h1-16H,(H2,33,34,35,36,37,38,39,40);9,14-19,24-25,27H,3-8,10-12H2,1-2H3/t;14-,15+,16-,17-,18+,19-,21+,22+,23+/m.1/s1. The molecular formula is C55H52N8O5. The van der Waals surface area contributed by atoms with Crippen molar-refractivity contribution >= 4 is 50.1 Å². The number of nitrogens with zero attached hydrogens (tertiary/aromatic N) is 6. The number of carbonyl (C=O) groups is 1. The molecule has 14 rings (SSSR count). The molecule has 3 aromatic heterocycles. The highest BCUT2D eigenvalue weighted by Gasteiger charge is 2.70. The number of ether oxygens (including phenoxy) is 1. The first kappa shape index (κ1) is 41.5. The second-order valence-corrected chi connectivity index (χ2v) is 20.6. The molecule has 4 aromatic carbocycles. The van der Waals surface area contributed by atoms with Gasteiger partial charge in [-0.25, -0.2) is 34.7 Å². The number of benzene rings is 4. The van der Waals surface area contributed by atoms with E-state index in [1.807, 2.05) is 104 Å². The van der Waals surface area contributed by atoms with Crippen LogP contribution in [0.5, 0.6) is 0 Å². The Balaban J connectivity index is 0.000000144. The van der Waals surface area contributed by atoms with Crippen molar-refractivity contribution in [1.82, 2.24) is 39.9 Å². The Morgan fingerprint density at radius 3 is 1.50 bits per heavy atom. The van der Waals surface area contributed by atoms with Crippen molar-refractivity contribution in [1.29, 1.82) is 0 Å². The van der Waals surface area contributed by atoms with Gasteiger partial charge in [-0.3, -0.25) is 0 Å². The summed E-state index contributed by atoms with van der Waals surface area (Å²) in [5.41, 5.74) is 5.94. The second kappa shape index (κ2) is 15.2. The molecule has 4 fully saturated rings. The summed E-state index contributed by atoms with van der Waals surface area (Å²) in [6, 6.07) is 32.2. The molecule has 0 saturated heterocycles. The lowest BCUT2D eigenvalue weighted by Crippen LogP contribution is -2.67. The van der Waals surface area contributed by atoms with Crippen molar-refractivity contribution in [2.24, 2.45) is 34.5 Å². The van der Waals surface area contributed by atoms with Gasteiger partial charge in [0.15, 0.2) is 23.3 Å². The number of aromatic amines is 2. The van der Waals surface area contributed by atoms with Crippen molar-refractivity contribution < 1.29 is 24.9 Å². The van der Waals surface area contributed by atoms with Gasteiger partial charge in [0.2, 0.25) is 0 Å². The molecule has 342 valence electrons. The Bertz CT molecular complexity index is 3140. The van der Waals surface area contributed by atoms with Crippen molar-refractivity contribution in [3.05, 3.63) is 109 Å². The molecule has 68 heavy (non-hydrogen) atoms. The van der Waals surface area contributed by atoms with Crippen LogP contribution in [0, 0.1) is 34.5 Å². The summed E-state index contributed by atoms with van der Waals surface area (Å²) in [6.07, 6.45) is 7.69. The third-order valence-corrected chi connectivity index (χ3v) is 17.5. The number of H-pyrrole nitrogens is 2. The lowest BCUT2D eigenvalue weighted by Gasteiger charge is -2.64. The molecule has 4 saturated carbocycles. The first-order chi connectivity index (χ1) is 33.0. The number of hydrogen-bond donors (Lipinski definition) is 5. The summed E-state index contributed by atoms with van der Waals surface area (Å²) in [4.78, 5) is 48.4. The van der Waals surface area contributed by atoms with Gasteiger partial charge in [0.1, 0.15) is 29.2 Å². The minimum Gasteiger partial charge on any atom is -0.458 e. The van der Waals surface area contributed by atoms with E-state index in [1.54, 1.807) is 6.08 Å². The van der Waals surface area contributed by atoms with Crippen molar-refractivity contribution in [3.8, 4) is 45.6 Å². The van der Waals surface area contributed by atoms with Crippen molar-refractivity contribution in [3.63, 3.8) is 0 Å². The summed E-state index contributed by atoms with van der Waals surface area (Å²) >= 11 is 0. The summed E-state index contributed by atoms with van der Waals surface area (Å²) in [5, 5.41) is 37.6. The first-order valence-corrected chi connectivity index (χ1v) is 24.1. The fourth-order valence-electron chi connectivity index (χ4n) is 14.0. The topological polar surface area (TPSA) is 196 Å². The molecule has 0 radical (unpaired) electrons. The van der Waals surface area contributed by atoms with Crippen LogP contribution in [-0.4, -0.2) is 85.6 Å². The quantitative estimate of drug-likeness (QED) is 0.0985. The highest BCUT2D eigenvalue weighted by atomic mass is 16.5. The third-order valence-electron chi connectivity index (χ3n) is 17.5. The van der Waals surface area contributed by atoms with E-state index in [0.717, 1.165) is 87.9 Å². The van der Waals surface area contributed by atoms with Gasteiger partial charge in [0, 0.05) is 55.3 Å². The predicted octanol–water partition coefficient (Wildman–Crippen LogP) is 9.44. The molecule has 13 heteroatoms. The van der Waals surface area contributed by atoms with E-state index in [0.29, 0.717) is 77.2 Å². The SMILES string of the molecule is C[C@]12CC[C@H](O)C[C@H]1CC[C@@H]1[C@@H]2C[C@@H](O)[C@]2(C)[C@@H](C3=CC(=O)OC3)CC[C@]12O.c1ccc2c(c1)-c1nc-2nc2[nH]c(nc3nc(nc4[nH]c(n1)c1ccccc41)-c1ccccc1-3)c1ccccc21. The average Bonchev–Trinajstić information content (AvgIpc) is 4.20. The molecule has 3 aliphatic heterocycles. The number of aliphatic hydroxyl groups excluding tert-OH is 2. The molecule has 6 heterocycles. The van der Waals surface area contributed by atoms with Gasteiger partial charge in [0.25, 0.3) is 0 Å². The maximum Gasteiger partial charge on any atom is 0.331 e. The van der Waals surface area contributed by atoms with Gasteiger partial charge >= 0.3 is 5.97 Å². The maximum atomic E-state index is 12.1. The molecule has 0 spiro atoms.